The molecule has 0 aliphatic rings. The van der Waals surface area contributed by atoms with Crippen molar-refractivity contribution in [2.75, 3.05) is 4.72 Å². The minimum atomic E-state index is -3.69. The van der Waals surface area contributed by atoms with Crippen molar-refractivity contribution in [2.24, 2.45) is 0 Å². The number of sulfonamides is 1. The summed E-state index contributed by atoms with van der Waals surface area (Å²) < 4.78 is 26.9. The molecular formula is C16H14N2O3S3. The summed E-state index contributed by atoms with van der Waals surface area (Å²) in [6.07, 6.45) is 2.63. The van der Waals surface area contributed by atoms with Crippen molar-refractivity contribution in [3.8, 4) is 0 Å². The van der Waals surface area contributed by atoms with Crippen LogP contribution in [-0.4, -0.2) is 19.2 Å². The fourth-order valence-electron chi connectivity index (χ4n) is 2.10. The number of hydrogen-bond acceptors (Lipinski definition) is 6. The van der Waals surface area contributed by atoms with Crippen molar-refractivity contribution in [3.63, 3.8) is 0 Å². The third-order valence-electron chi connectivity index (χ3n) is 3.32. The van der Waals surface area contributed by atoms with Crippen LogP contribution in [0.25, 0.3) is 0 Å². The van der Waals surface area contributed by atoms with Crippen molar-refractivity contribution >= 4 is 43.6 Å². The normalized spacial score (nSPS) is 11.3. The Labute approximate surface area is 148 Å². The number of thiazole rings is 1. The molecule has 8 heteroatoms. The zero-order valence-electron chi connectivity index (χ0n) is 12.5. The number of carbonyl (C=O) groups excluding carboxylic acids is 1. The van der Waals surface area contributed by atoms with Gasteiger partial charge in [-0.1, -0.05) is 18.2 Å². The summed E-state index contributed by atoms with van der Waals surface area (Å²) in [4.78, 5) is 17.4. The average molecular weight is 378 g/mol. The lowest BCUT2D eigenvalue weighted by Crippen LogP contribution is -2.13. The van der Waals surface area contributed by atoms with E-state index in [4.69, 9.17) is 0 Å². The second-order valence-corrected chi connectivity index (χ2v) is 8.58. The number of nitrogens with zero attached hydrogens (tertiary/aromatic N) is 1. The molecule has 124 valence electrons. The molecule has 0 spiro atoms. The van der Waals surface area contributed by atoms with Crippen LogP contribution < -0.4 is 4.72 Å². The van der Waals surface area contributed by atoms with Crippen LogP contribution in [0.5, 0.6) is 0 Å². The highest BCUT2D eigenvalue weighted by Crippen LogP contribution is 2.19. The Bertz CT molecular complexity index is 900. The number of thiophene rings is 1. The van der Waals surface area contributed by atoms with Gasteiger partial charge in [0, 0.05) is 28.4 Å². The molecule has 0 bridgehead atoms. The van der Waals surface area contributed by atoms with E-state index in [9.17, 15) is 13.2 Å². The van der Waals surface area contributed by atoms with Crippen molar-refractivity contribution < 1.29 is 13.2 Å². The first-order valence-electron chi connectivity index (χ1n) is 7.12. The number of aryl methyl sites for hydroxylation is 1. The standard InChI is InChI=1S/C16H14N2O3S3/c19-15(8-5-13-2-1-10-22-13)12-3-6-14(7-4-12)24(20,21)18-16-17-9-11-23-16/h1-4,6-7,9-11H,5,8H2,(H,17,18). The van der Waals surface area contributed by atoms with Gasteiger partial charge in [-0.15, -0.1) is 22.7 Å². The number of hydrogen-bond donors (Lipinski definition) is 1. The van der Waals surface area contributed by atoms with E-state index in [-0.39, 0.29) is 10.7 Å². The lowest BCUT2D eigenvalue weighted by Gasteiger charge is -2.06. The van der Waals surface area contributed by atoms with Gasteiger partial charge in [0.1, 0.15) is 0 Å². The molecule has 1 N–H and O–H groups in total. The maximum atomic E-state index is 12.2. The third-order valence-corrected chi connectivity index (χ3v) is 6.43. The molecule has 5 nitrogen and oxygen atoms in total. The molecule has 2 aromatic heterocycles. The Kier molecular flexibility index (Phi) is 5.08. The third kappa shape index (κ3) is 4.08. The molecule has 0 saturated carbocycles. The first-order valence-corrected chi connectivity index (χ1v) is 10.4. The summed E-state index contributed by atoms with van der Waals surface area (Å²) in [6.45, 7) is 0. The summed E-state index contributed by atoms with van der Waals surface area (Å²) in [5.41, 5.74) is 0.514. The number of ketones is 1. The number of aromatic nitrogens is 1. The maximum absolute atomic E-state index is 12.2. The van der Waals surface area contributed by atoms with E-state index in [2.05, 4.69) is 9.71 Å². The largest absolute Gasteiger partial charge is 0.294 e. The number of nitrogens with one attached hydrogen (secondary N) is 1. The van der Waals surface area contributed by atoms with E-state index >= 15 is 0 Å². The van der Waals surface area contributed by atoms with Gasteiger partial charge in [-0.05, 0) is 30.0 Å². The molecule has 0 radical (unpaired) electrons. The Morgan fingerprint density at radius 2 is 1.88 bits per heavy atom. The molecule has 24 heavy (non-hydrogen) atoms. The molecule has 3 aromatic rings. The van der Waals surface area contributed by atoms with E-state index in [1.54, 1.807) is 28.8 Å². The van der Waals surface area contributed by atoms with Gasteiger partial charge in [0.25, 0.3) is 10.0 Å². The first-order chi connectivity index (χ1) is 11.5. The molecule has 3 rings (SSSR count). The number of rotatable bonds is 7. The van der Waals surface area contributed by atoms with Gasteiger partial charge in [0.15, 0.2) is 10.9 Å². The zero-order valence-corrected chi connectivity index (χ0v) is 15.0. The molecular weight excluding hydrogens is 364 g/mol. The summed E-state index contributed by atoms with van der Waals surface area (Å²) >= 11 is 2.83. The lowest BCUT2D eigenvalue weighted by molar-refractivity contribution is 0.0983. The number of anilines is 1. The van der Waals surface area contributed by atoms with Gasteiger partial charge in [-0.3, -0.25) is 9.52 Å². The second-order valence-electron chi connectivity index (χ2n) is 4.97. The Morgan fingerprint density at radius 3 is 2.50 bits per heavy atom. The molecule has 0 aliphatic carbocycles. The fourth-order valence-corrected chi connectivity index (χ4v) is 4.60. The van der Waals surface area contributed by atoms with Crippen molar-refractivity contribution in [1.82, 2.24) is 4.98 Å². The fraction of sp³-hybridized carbons (Fsp3) is 0.125. The van der Waals surface area contributed by atoms with E-state index in [0.717, 1.165) is 4.88 Å². The lowest BCUT2D eigenvalue weighted by atomic mass is 10.1. The van der Waals surface area contributed by atoms with Crippen LogP contribution >= 0.6 is 22.7 Å². The Hall–Kier alpha value is -2.03. The summed E-state index contributed by atoms with van der Waals surface area (Å²) in [7, 11) is -3.69. The zero-order chi connectivity index (χ0) is 17.0. The van der Waals surface area contributed by atoms with Crippen molar-refractivity contribution in [3.05, 3.63) is 63.8 Å². The quantitative estimate of drug-likeness (QED) is 0.634. The average Bonchev–Trinajstić information content (AvgIpc) is 3.26. The topological polar surface area (TPSA) is 76.1 Å². The summed E-state index contributed by atoms with van der Waals surface area (Å²) in [5.74, 6) is 0.000214. The van der Waals surface area contributed by atoms with Gasteiger partial charge in [0.2, 0.25) is 0 Å². The van der Waals surface area contributed by atoms with Gasteiger partial charge >= 0.3 is 0 Å². The molecule has 1 aromatic carbocycles. The monoisotopic (exact) mass is 378 g/mol. The van der Waals surface area contributed by atoms with Crippen LogP contribution in [-0.2, 0) is 16.4 Å². The van der Waals surface area contributed by atoms with E-state index < -0.39 is 10.0 Å². The van der Waals surface area contributed by atoms with E-state index in [1.807, 2.05) is 17.5 Å². The SMILES string of the molecule is O=C(CCc1cccs1)c1ccc(S(=O)(=O)Nc2nccs2)cc1. The van der Waals surface area contributed by atoms with Gasteiger partial charge in [0.05, 0.1) is 4.90 Å². The van der Waals surface area contributed by atoms with Crippen molar-refractivity contribution in [2.45, 2.75) is 17.7 Å². The molecule has 0 amide bonds. The maximum Gasteiger partial charge on any atom is 0.263 e. The first kappa shape index (κ1) is 16.8. The highest BCUT2D eigenvalue weighted by molar-refractivity contribution is 7.93. The second kappa shape index (κ2) is 7.25. The highest BCUT2D eigenvalue weighted by atomic mass is 32.2. The van der Waals surface area contributed by atoms with Crippen LogP contribution in [0.1, 0.15) is 21.7 Å². The van der Waals surface area contributed by atoms with Crippen LogP contribution in [0.3, 0.4) is 0 Å². The smallest absolute Gasteiger partial charge is 0.263 e. The predicted molar refractivity (Wildman–Crippen MR) is 96.3 cm³/mol. The highest BCUT2D eigenvalue weighted by Gasteiger charge is 2.16. The minimum Gasteiger partial charge on any atom is -0.294 e. The van der Waals surface area contributed by atoms with Gasteiger partial charge in [-0.25, -0.2) is 13.4 Å². The molecule has 0 saturated heterocycles. The van der Waals surface area contributed by atoms with E-state index in [0.29, 0.717) is 23.5 Å². The molecule has 0 aliphatic heterocycles. The Morgan fingerprint density at radius 1 is 1.08 bits per heavy atom. The van der Waals surface area contributed by atoms with Crippen LogP contribution in [0.2, 0.25) is 0 Å². The number of Topliss-reactive ketones (excluding diaryl/α,β-unsaturated/α-hetero) is 1. The molecule has 0 atom stereocenters. The summed E-state index contributed by atoms with van der Waals surface area (Å²) in [5, 5.41) is 3.98. The Balaban J connectivity index is 1.67. The van der Waals surface area contributed by atoms with Gasteiger partial charge in [-0.2, -0.15) is 0 Å². The van der Waals surface area contributed by atoms with Crippen LogP contribution in [0.15, 0.2) is 58.3 Å². The van der Waals surface area contributed by atoms with Gasteiger partial charge < -0.3 is 0 Å². The van der Waals surface area contributed by atoms with Crippen molar-refractivity contribution in [1.29, 1.82) is 0 Å². The molecule has 0 fully saturated rings. The minimum absolute atomic E-state index is 0.000214. The summed E-state index contributed by atoms with van der Waals surface area (Å²) in [6, 6.07) is 9.93. The van der Waals surface area contributed by atoms with Crippen LogP contribution in [0, 0.1) is 0 Å². The number of benzene rings is 1. The molecule has 2 heterocycles. The van der Waals surface area contributed by atoms with Crippen LogP contribution in [0.4, 0.5) is 5.13 Å². The molecule has 0 unspecified atom stereocenters. The number of carbonyl (C=O) groups is 1. The predicted octanol–water partition coefficient (Wildman–Crippen LogP) is 3.82. The van der Waals surface area contributed by atoms with E-state index in [1.165, 1.54) is 29.7 Å².